The number of carbonyl (C=O) groups excluding carboxylic acids is 1. The second-order valence-electron chi connectivity index (χ2n) is 6.03. The van der Waals surface area contributed by atoms with E-state index in [1.165, 1.54) is 17.0 Å². The maximum absolute atomic E-state index is 12.6. The van der Waals surface area contributed by atoms with Gasteiger partial charge in [0.1, 0.15) is 5.75 Å². The number of hydrogen-bond acceptors (Lipinski definition) is 4. The monoisotopic (exact) mass is 377 g/mol. The first kappa shape index (κ1) is 19.7. The van der Waals surface area contributed by atoms with Crippen molar-refractivity contribution in [3.63, 3.8) is 0 Å². The van der Waals surface area contributed by atoms with Crippen molar-refractivity contribution in [2.75, 3.05) is 19.5 Å². The lowest BCUT2D eigenvalue weighted by atomic mass is 10.1. The number of nitrogens with two attached hydrogens (primary N) is 1. The molecule has 8 heteroatoms. The molecule has 1 atom stereocenters. The molecule has 0 saturated heterocycles. The Balaban J connectivity index is 2.16. The van der Waals surface area contributed by atoms with Gasteiger partial charge in [-0.15, -0.1) is 0 Å². The number of carbonyl (C=O) groups is 1. The molecule has 2 amide bonds. The third-order valence-corrected chi connectivity index (χ3v) is 5.12. The average Bonchev–Trinajstić information content (AvgIpc) is 2.60. The maximum Gasteiger partial charge on any atom is 0.322 e. The highest BCUT2D eigenvalue weighted by atomic mass is 32.2. The van der Waals surface area contributed by atoms with Crippen LogP contribution in [-0.2, 0) is 10.0 Å². The van der Waals surface area contributed by atoms with Crippen LogP contribution in [-0.4, -0.2) is 33.5 Å². The van der Waals surface area contributed by atoms with Crippen LogP contribution in [0.15, 0.2) is 47.4 Å². The van der Waals surface area contributed by atoms with Crippen LogP contribution >= 0.6 is 0 Å². The van der Waals surface area contributed by atoms with Gasteiger partial charge in [-0.3, -0.25) is 0 Å². The van der Waals surface area contributed by atoms with E-state index in [1.54, 1.807) is 32.4 Å². The van der Waals surface area contributed by atoms with Gasteiger partial charge >= 0.3 is 6.03 Å². The summed E-state index contributed by atoms with van der Waals surface area (Å²) >= 11 is 0. The largest absolute Gasteiger partial charge is 0.495 e. The molecule has 7 nitrogen and oxygen atoms in total. The highest BCUT2D eigenvalue weighted by Crippen LogP contribution is 2.27. The lowest BCUT2D eigenvalue weighted by molar-refractivity contribution is 0.208. The Labute approximate surface area is 153 Å². The molecule has 26 heavy (non-hydrogen) atoms. The van der Waals surface area contributed by atoms with Gasteiger partial charge in [0.05, 0.1) is 23.7 Å². The van der Waals surface area contributed by atoms with Crippen molar-refractivity contribution in [3.05, 3.63) is 53.6 Å². The number of anilines is 1. The number of benzene rings is 2. The van der Waals surface area contributed by atoms with E-state index in [1.807, 2.05) is 26.0 Å². The van der Waals surface area contributed by atoms with Crippen LogP contribution in [0, 0.1) is 6.92 Å². The molecule has 2 aromatic rings. The van der Waals surface area contributed by atoms with Crippen LogP contribution in [0.1, 0.15) is 24.1 Å². The fraction of sp³-hybridized carbons (Fsp3) is 0.278. The minimum absolute atomic E-state index is 0.0325. The fourth-order valence-corrected chi connectivity index (χ4v) is 2.97. The van der Waals surface area contributed by atoms with Crippen LogP contribution in [0.5, 0.6) is 5.75 Å². The van der Waals surface area contributed by atoms with E-state index >= 15 is 0 Å². The summed E-state index contributed by atoms with van der Waals surface area (Å²) in [6, 6.07) is 11.1. The van der Waals surface area contributed by atoms with Crippen LogP contribution < -0.4 is 15.2 Å². The highest BCUT2D eigenvalue weighted by molar-refractivity contribution is 7.89. The summed E-state index contributed by atoms with van der Waals surface area (Å²) in [5, 5.41) is 7.94. The Morgan fingerprint density at radius 2 is 1.81 bits per heavy atom. The maximum atomic E-state index is 12.6. The molecule has 0 spiro atoms. The minimum Gasteiger partial charge on any atom is -0.495 e. The molecule has 0 aromatic heterocycles. The van der Waals surface area contributed by atoms with E-state index < -0.39 is 10.0 Å². The van der Waals surface area contributed by atoms with Crippen LogP contribution in [0.2, 0.25) is 0 Å². The van der Waals surface area contributed by atoms with E-state index in [9.17, 15) is 13.2 Å². The standard InChI is InChI=1S/C18H23N3O4S/c1-12-5-10-17(25-4)16(11-12)20-18(22)21(3)13(2)14-6-8-15(9-7-14)26(19,23)24/h5-11,13H,1-4H3,(H,20,22)(H2,19,23,24)/t13-/m1/s1. The molecule has 2 aromatic carbocycles. The second-order valence-corrected chi connectivity index (χ2v) is 7.60. The molecule has 3 N–H and O–H groups in total. The van der Waals surface area contributed by atoms with Gasteiger partial charge in [0.2, 0.25) is 10.0 Å². The molecule has 0 aliphatic heterocycles. The van der Waals surface area contributed by atoms with E-state index in [0.717, 1.165) is 11.1 Å². The quantitative estimate of drug-likeness (QED) is 0.836. The number of urea groups is 1. The number of ether oxygens (including phenoxy) is 1. The first-order valence-corrected chi connectivity index (χ1v) is 9.49. The summed E-state index contributed by atoms with van der Waals surface area (Å²) in [5.74, 6) is 0.572. The molecule has 0 saturated carbocycles. The lowest BCUT2D eigenvalue weighted by Gasteiger charge is -2.26. The van der Waals surface area contributed by atoms with Gasteiger partial charge in [-0.1, -0.05) is 18.2 Å². The van der Waals surface area contributed by atoms with Crippen LogP contribution in [0.3, 0.4) is 0 Å². The highest BCUT2D eigenvalue weighted by Gasteiger charge is 2.19. The van der Waals surface area contributed by atoms with Crippen molar-refractivity contribution < 1.29 is 17.9 Å². The van der Waals surface area contributed by atoms with Gasteiger partial charge in [0.25, 0.3) is 0 Å². The van der Waals surface area contributed by atoms with E-state index in [4.69, 9.17) is 9.88 Å². The molecule has 0 fully saturated rings. The van der Waals surface area contributed by atoms with Gasteiger partial charge in [-0.05, 0) is 49.2 Å². The van der Waals surface area contributed by atoms with Crippen molar-refractivity contribution in [2.45, 2.75) is 24.8 Å². The number of nitrogens with zero attached hydrogens (tertiary/aromatic N) is 1. The topological polar surface area (TPSA) is 102 Å². The van der Waals surface area contributed by atoms with Crippen molar-refractivity contribution in [1.82, 2.24) is 4.90 Å². The molecule has 0 bridgehead atoms. The Bertz CT molecular complexity index is 895. The van der Waals surface area contributed by atoms with Gasteiger partial charge in [0, 0.05) is 7.05 Å². The van der Waals surface area contributed by atoms with E-state index in [-0.39, 0.29) is 17.0 Å². The number of primary sulfonamides is 1. The zero-order valence-electron chi connectivity index (χ0n) is 15.2. The van der Waals surface area contributed by atoms with Crippen molar-refractivity contribution in [2.24, 2.45) is 5.14 Å². The van der Waals surface area contributed by atoms with E-state index in [0.29, 0.717) is 11.4 Å². The molecule has 0 aliphatic carbocycles. The summed E-state index contributed by atoms with van der Waals surface area (Å²) in [7, 11) is -0.537. The second kappa shape index (κ2) is 7.76. The van der Waals surface area contributed by atoms with Gasteiger partial charge < -0.3 is 15.0 Å². The predicted octanol–water partition coefficient (Wildman–Crippen LogP) is 2.88. The van der Waals surface area contributed by atoms with Gasteiger partial charge in [0.15, 0.2) is 0 Å². The van der Waals surface area contributed by atoms with Gasteiger partial charge in [-0.25, -0.2) is 18.4 Å². The zero-order valence-corrected chi connectivity index (χ0v) is 16.0. The normalized spacial score (nSPS) is 12.3. The number of rotatable bonds is 5. The minimum atomic E-state index is -3.74. The van der Waals surface area contributed by atoms with Crippen LogP contribution in [0.4, 0.5) is 10.5 Å². The first-order chi connectivity index (χ1) is 12.1. The average molecular weight is 377 g/mol. The van der Waals surface area contributed by atoms with Gasteiger partial charge in [-0.2, -0.15) is 0 Å². The van der Waals surface area contributed by atoms with Crippen molar-refractivity contribution in [3.8, 4) is 5.75 Å². The molecule has 0 heterocycles. The third-order valence-electron chi connectivity index (χ3n) is 4.19. The molecule has 2 rings (SSSR count). The number of hydrogen-bond donors (Lipinski definition) is 2. The molecule has 140 valence electrons. The first-order valence-electron chi connectivity index (χ1n) is 7.94. The number of aryl methyl sites for hydroxylation is 1. The molecule has 0 unspecified atom stereocenters. The lowest BCUT2D eigenvalue weighted by Crippen LogP contribution is -2.33. The molecule has 0 aliphatic rings. The predicted molar refractivity (Wildman–Crippen MR) is 101 cm³/mol. The van der Waals surface area contributed by atoms with Crippen LogP contribution in [0.25, 0.3) is 0 Å². The fourth-order valence-electron chi connectivity index (χ4n) is 2.46. The number of nitrogens with one attached hydrogen (secondary N) is 1. The van der Waals surface area contributed by atoms with Crippen molar-refractivity contribution >= 4 is 21.7 Å². The molecular weight excluding hydrogens is 354 g/mol. The molecule has 0 radical (unpaired) electrons. The Hall–Kier alpha value is -2.58. The third kappa shape index (κ3) is 4.53. The molecular formula is C18H23N3O4S. The summed E-state index contributed by atoms with van der Waals surface area (Å²) in [4.78, 5) is 14.1. The van der Waals surface area contributed by atoms with E-state index in [2.05, 4.69) is 5.32 Å². The zero-order chi connectivity index (χ0) is 19.5. The summed E-state index contributed by atoms with van der Waals surface area (Å²) in [6.45, 7) is 3.77. The smallest absolute Gasteiger partial charge is 0.322 e. The number of methoxy groups -OCH3 is 1. The van der Waals surface area contributed by atoms with Crippen molar-refractivity contribution in [1.29, 1.82) is 0 Å². The Morgan fingerprint density at radius 3 is 2.35 bits per heavy atom. The summed E-state index contributed by atoms with van der Waals surface area (Å²) < 4.78 is 27.9. The SMILES string of the molecule is COc1ccc(C)cc1NC(=O)N(C)[C@H](C)c1ccc(S(N)(=O)=O)cc1. The summed E-state index contributed by atoms with van der Waals surface area (Å²) in [5.41, 5.74) is 2.36. The Kier molecular flexibility index (Phi) is 5.89. The Morgan fingerprint density at radius 1 is 1.19 bits per heavy atom. The number of sulfonamides is 1. The summed E-state index contributed by atoms with van der Waals surface area (Å²) in [6.07, 6.45) is 0. The number of amides is 2.